The summed E-state index contributed by atoms with van der Waals surface area (Å²) in [6, 6.07) is 14.2. The van der Waals surface area contributed by atoms with E-state index >= 15 is 0 Å². The molecule has 2 aromatic carbocycles. The van der Waals surface area contributed by atoms with Gasteiger partial charge in [-0.3, -0.25) is 4.79 Å². The van der Waals surface area contributed by atoms with Crippen LogP contribution < -0.4 is 10.2 Å². The van der Waals surface area contributed by atoms with Crippen molar-refractivity contribution in [3.63, 3.8) is 0 Å². The number of halogens is 1. The van der Waals surface area contributed by atoms with Crippen molar-refractivity contribution in [1.82, 2.24) is 0 Å². The van der Waals surface area contributed by atoms with Gasteiger partial charge in [0.2, 0.25) is 5.91 Å². The van der Waals surface area contributed by atoms with E-state index in [1.165, 1.54) is 12.1 Å². The van der Waals surface area contributed by atoms with Crippen LogP contribution in [-0.2, 0) is 11.2 Å². The fourth-order valence-electron chi connectivity index (χ4n) is 2.52. The molecule has 0 heterocycles. The molecule has 0 saturated carbocycles. The fourth-order valence-corrected chi connectivity index (χ4v) is 2.52. The van der Waals surface area contributed by atoms with Gasteiger partial charge in [0, 0.05) is 30.9 Å². The normalized spacial score (nSPS) is 10.4. The topological polar surface area (TPSA) is 32.3 Å². The molecule has 122 valence electrons. The molecule has 0 fully saturated rings. The molecule has 4 heteroatoms. The van der Waals surface area contributed by atoms with E-state index in [4.69, 9.17) is 0 Å². The van der Waals surface area contributed by atoms with Crippen molar-refractivity contribution in [3.8, 4) is 0 Å². The lowest BCUT2D eigenvalue weighted by Gasteiger charge is -2.21. The van der Waals surface area contributed by atoms with Crippen molar-refractivity contribution in [3.05, 3.63) is 59.9 Å². The van der Waals surface area contributed by atoms with E-state index in [0.717, 1.165) is 30.0 Å². The highest BCUT2D eigenvalue weighted by Gasteiger charge is 2.05. The Labute approximate surface area is 137 Å². The first-order valence-electron chi connectivity index (χ1n) is 8.01. The molecule has 1 amide bonds. The van der Waals surface area contributed by atoms with Crippen LogP contribution in [0.15, 0.2) is 48.5 Å². The van der Waals surface area contributed by atoms with E-state index in [9.17, 15) is 9.18 Å². The maximum Gasteiger partial charge on any atom is 0.224 e. The van der Waals surface area contributed by atoms with Crippen LogP contribution in [0.2, 0.25) is 0 Å². The first-order valence-corrected chi connectivity index (χ1v) is 8.01. The number of hydrogen-bond donors (Lipinski definition) is 1. The Morgan fingerprint density at radius 3 is 2.39 bits per heavy atom. The van der Waals surface area contributed by atoms with Crippen molar-refractivity contribution in [1.29, 1.82) is 0 Å². The van der Waals surface area contributed by atoms with Crippen molar-refractivity contribution in [2.24, 2.45) is 0 Å². The molecule has 2 aromatic rings. The minimum Gasteiger partial charge on any atom is -0.372 e. The minimum absolute atomic E-state index is 0.0650. The number of anilines is 2. The molecule has 0 aliphatic carbocycles. The number of nitrogens with one attached hydrogen (secondary N) is 1. The number of aryl methyl sites for hydroxylation is 1. The second-order valence-electron chi connectivity index (χ2n) is 5.40. The Morgan fingerprint density at radius 1 is 1.09 bits per heavy atom. The first kappa shape index (κ1) is 17.0. The predicted molar refractivity (Wildman–Crippen MR) is 93.4 cm³/mol. The van der Waals surface area contributed by atoms with E-state index in [1.807, 2.05) is 30.3 Å². The van der Waals surface area contributed by atoms with E-state index in [1.54, 1.807) is 6.07 Å². The Morgan fingerprint density at radius 2 is 1.78 bits per heavy atom. The smallest absolute Gasteiger partial charge is 0.224 e. The van der Waals surface area contributed by atoms with Crippen molar-refractivity contribution in [2.75, 3.05) is 23.3 Å². The summed E-state index contributed by atoms with van der Waals surface area (Å²) in [7, 11) is 0. The molecule has 0 spiro atoms. The average molecular weight is 314 g/mol. The highest BCUT2D eigenvalue weighted by molar-refractivity contribution is 5.91. The van der Waals surface area contributed by atoms with E-state index < -0.39 is 0 Å². The molecule has 0 aliphatic heterocycles. The maximum absolute atomic E-state index is 13.1. The van der Waals surface area contributed by atoms with Crippen LogP contribution in [0, 0.1) is 5.82 Å². The summed E-state index contributed by atoms with van der Waals surface area (Å²) in [5.41, 5.74) is 2.76. The van der Waals surface area contributed by atoms with Gasteiger partial charge in [0.25, 0.3) is 0 Å². The second-order valence-corrected chi connectivity index (χ2v) is 5.40. The molecule has 0 unspecified atom stereocenters. The monoisotopic (exact) mass is 314 g/mol. The molecule has 0 radical (unpaired) electrons. The zero-order chi connectivity index (χ0) is 16.7. The molecule has 0 bridgehead atoms. The van der Waals surface area contributed by atoms with Crippen LogP contribution >= 0.6 is 0 Å². The Kier molecular flexibility index (Phi) is 6.15. The lowest BCUT2D eigenvalue weighted by molar-refractivity contribution is -0.116. The average Bonchev–Trinajstić information content (AvgIpc) is 2.56. The lowest BCUT2D eigenvalue weighted by Crippen LogP contribution is -2.21. The van der Waals surface area contributed by atoms with Gasteiger partial charge < -0.3 is 10.2 Å². The Balaban J connectivity index is 1.87. The molecular formula is C19H23FN2O. The summed E-state index contributed by atoms with van der Waals surface area (Å²) < 4.78 is 13.1. The van der Waals surface area contributed by atoms with Gasteiger partial charge in [0.05, 0.1) is 0 Å². The zero-order valence-electron chi connectivity index (χ0n) is 13.7. The van der Waals surface area contributed by atoms with Gasteiger partial charge >= 0.3 is 0 Å². The van der Waals surface area contributed by atoms with Gasteiger partial charge in [0.1, 0.15) is 5.82 Å². The van der Waals surface area contributed by atoms with Crippen LogP contribution in [0.4, 0.5) is 15.8 Å². The first-order chi connectivity index (χ1) is 11.1. The standard InChI is InChI=1S/C19H23FN2O/c1-3-22(4-2)18-11-9-17(10-12-18)21-19(23)13-8-15-6-5-7-16(20)14-15/h5-7,9-12,14H,3-4,8,13H2,1-2H3,(H,21,23). The molecule has 0 saturated heterocycles. The van der Waals surface area contributed by atoms with E-state index in [2.05, 4.69) is 24.1 Å². The lowest BCUT2D eigenvalue weighted by atomic mass is 10.1. The van der Waals surface area contributed by atoms with Crippen molar-refractivity contribution in [2.45, 2.75) is 26.7 Å². The molecular weight excluding hydrogens is 291 g/mol. The molecule has 0 aromatic heterocycles. The third kappa shape index (κ3) is 5.09. The number of rotatable bonds is 7. The number of carbonyl (C=O) groups excluding carboxylic acids is 1. The molecule has 1 N–H and O–H groups in total. The van der Waals surface area contributed by atoms with Crippen LogP contribution in [0.5, 0.6) is 0 Å². The third-order valence-corrected chi connectivity index (χ3v) is 3.81. The number of amides is 1. The van der Waals surface area contributed by atoms with Gasteiger partial charge in [-0.1, -0.05) is 12.1 Å². The highest BCUT2D eigenvalue weighted by Crippen LogP contribution is 2.18. The maximum atomic E-state index is 13.1. The number of hydrogen-bond acceptors (Lipinski definition) is 2. The predicted octanol–water partition coefficient (Wildman–Crippen LogP) is 4.24. The molecule has 0 atom stereocenters. The van der Waals surface area contributed by atoms with Gasteiger partial charge in [-0.05, 0) is 62.2 Å². The Bertz CT molecular complexity index is 636. The summed E-state index contributed by atoms with van der Waals surface area (Å²) in [6.45, 7) is 6.14. The number of carbonyl (C=O) groups is 1. The summed E-state index contributed by atoms with van der Waals surface area (Å²) in [5, 5.41) is 2.88. The summed E-state index contributed by atoms with van der Waals surface area (Å²) in [4.78, 5) is 14.2. The summed E-state index contributed by atoms with van der Waals surface area (Å²) in [5.74, 6) is -0.334. The fraction of sp³-hybridized carbons (Fsp3) is 0.316. The van der Waals surface area contributed by atoms with Gasteiger partial charge in [-0.15, -0.1) is 0 Å². The van der Waals surface area contributed by atoms with Gasteiger partial charge in [-0.2, -0.15) is 0 Å². The third-order valence-electron chi connectivity index (χ3n) is 3.81. The largest absolute Gasteiger partial charge is 0.372 e. The SMILES string of the molecule is CCN(CC)c1ccc(NC(=O)CCc2cccc(F)c2)cc1. The van der Waals surface area contributed by atoms with E-state index in [-0.39, 0.29) is 11.7 Å². The number of benzene rings is 2. The highest BCUT2D eigenvalue weighted by atomic mass is 19.1. The van der Waals surface area contributed by atoms with Crippen molar-refractivity contribution < 1.29 is 9.18 Å². The zero-order valence-corrected chi connectivity index (χ0v) is 13.7. The number of nitrogens with zero attached hydrogens (tertiary/aromatic N) is 1. The minimum atomic E-state index is -0.269. The van der Waals surface area contributed by atoms with Crippen LogP contribution in [-0.4, -0.2) is 19.0 Å². The molecule has 23 heavy (non-hydrogen) atoms. The van der Waals surface area contributed by atoms with E-state index in [0.29, 0.717) is 12.8 Å². The van der Waals surface area contributed by atoms with Gasteiger partial charge in [0.15, 0.2) is 0 Å². The van der Waals surface area contributed by atoms with Crippen LogP contribution in [0.1, 0.15) is 25.8 Å². The van der Waals surface area contributed by atoms with Crippen molar-refractivity contribution >= 4 is 17.3 Å². The van der Waals surface area contributed by atoms with Crippen LogP contribution in [0.3, 0.4) is 0 Å². The van der Waals surface area contributed by atoms with Crippen LogP contribution in [0.25, 0.3) is 0 Å². The molecule has 2 rings (SSSR count). The summed E-state index contributed by atoms with van der Waals surface area (Å²) >= 11 is 0. The molecule has 0 aliphatic rings. The quantitative estimate of drug-likeness (QED) is 0.829. The van der Waals surface area contributed by atoms with Gasteiger partial charge in [-0.25, -0.2) is 4.39 Å². The second kappa shape index (κ2) is 8.32. The molecule has 3 nitrogen and oxygen atoms in total. The Hall–Kier alpha value is -2.36. The summed E-state index contributed by atoms with van der Waals surface area (Å²) in [6.07, 6.45) is 0.863.